The average Bonchev–Trinajstić information content (AvgIpc) is 3.00. The molecule has 0 saturated heterocycles. The Kier molecular flexibility index (Phi) is 11.4. The van der Waals surface area contributed by atoms with Gasteiger partial charge >= 0.3 is 0 Å². The quantitative estimate of drug-likeness (QED) is 0.122. The zero-order chi connectivity index (χ0) is 32.5. The maximum atomic E-state index is 2.51. The van der Waals surface area contributed by atoms with Crippen LogP contribution in [0.1, 0.15) is 99.4 Å². The molecule has 0 bridgehead atoms. The molecular weight excluding hydrogens is 566 g/mol. The van der Waals surface area contributed by atoms with Crippen molar-refractivity contribution in [2.45, 2.75) is 121 Å². The van der Waals surface area contributed by atoms with Crippen LogP contribution >= 0.6 is 15.8 Å². The maximum absolute atomic E-state index is 2.51. The fourth-order valence-electron chi connectivity index (χ4n) is 6.66. The highest BCUT2D eigenvalue weighted by Crippen LogP contribution is 2.60. The topological polar surface area (TPSA) is 0 Å². The van der Waals surface area contributed by atoms with Crippen molar-refractivity contribution in [3.63, 3.8) is 0 Å². The average molecular weight is 623 g/mol. The first kappa shape index (κ1) is 34.6. The molecule has 4 rings (SSSR count). The van der Waals surface area contributed by atoms with Gasteiger partial charge in [0.2, 0.25) is 0 Å². The lowest BCUT2D eigenvalue weighted by Crippen LogP contribution is -2.32. The van der Waals surface area contributed by atoms with Gasteiger partial charge in [-0.1, -0.05) is 74.7 Å². The predicted octanol–water partition coefficient (Wildman–Crippen LogP) is 10.9. The molecule has 0 amide bonds. The van der Waals surface area contributed by atoms with Gasteiger partial charge in [0.25, 0.3) is 0 Å². The molecule has 0 fully saturated rings. The van der Waals surface area contributed by atoms with Gasteiger partial charge in [-0.05, 0) is 193 Å². The third kappa shape index (κ3) is 6.64. The molecule has 0 spiro atoms. The van der Waals surface area contributed by atoms with E-state index >= 15 is 0 Å². The minimum Gasteiger partial charge on any atom is -0.0654 e. The van der Waals surface area contributed by atoms with Gasteiger partial charge in [0.05, 0.1) is 0 Å². The number of rotatable bonds is 10. The van der Waals surface area contributed by atoms with Crippen molar-refractivity contribution < 1.29 is 0 Å². The second-order valence-electron chi connectivity index (χ2n) is 13.3. The minimum atomic E-state index is -0.647. The first-order chi connectivity index (χ1) is 20.8. The van der Waals surface area contributed by atoms with E-state index < -0.39 is 15.8 Å². The summed E-state index contributed by atoms with van der Waals surface area (Å²) in [5.74, 6) is 0. The zero-order valence-electron chi connectivity index (χ0n) is 29.9. The molecule has 0 N–H and O–H groups in total. The highest BCUT2D eigenvalue weighted by Gasteiger charge is 2.37. The predicted molar refractivity (Wildman–Crippen MR) is 203 cm³/mol. The third-order valence-electron chi connectivity index (χ3n) is 10.8. The van der Waals surface area contributed by atoms with E-state index in [1.807, 2.05) is 0 Å². The molecule has 44 heavy (non-hydrogen) atoms. The molecule has 0 aliphatic rings. The molecule has 0 aromatic heterocycles. The Hall–Kier alpha value is -2.26. The lowest BCUT2D eigenvalue weighted by atomic mass is 10.0. The van der Waals surface area contributed by atoms with Crippen molar-refractivity contribution >= 4 is 37.1 Å². The van der Waals surface area contributed by atoms with Gasteiger partial charge in [-0.3, -0.25) is 0 Å². The monoisotopic (exact) mass is 622 g/mol. The third-order valence-corrected chi connectivity index (χ3v) is 17.9. The molecule has 0 aliphatic carbocycles. The second-order valence-corrected chi connectivity index (χ2v) is 18.4. The summed E-state index contributed by atoms with van der Waals surface area (Å²) in [5, 5.41) is 6.89. The summed E-state index contributed by atoms with van der Waals surface area (Å²) in [7, 11) is -1.29. The number of aryl methyl sites for hydroxylation is 4. The number of hydrogen-bond acceptors (Lipinski definition) is 0. The molecular formula is C42H56P2. The van der Waals surface area contributed by atoms with Crippen LogP contribution in [-0.2, 0) is 0 Å². The molecule has 0 aliphatic heterocycles. The van der Waals surface area contributed by atoms with Crippen LogP contribution in [0.4, 0.5) is 0 Å². The first-order valence-corrected chi connectivity index (χ1v) is 19.5. The summed E-state index contributed by atoms with van der Waals surface area (Å²) in [5.41, 5.74) is 17.4. The summed E-state index contributed by atoms with van der Waals surface area (Å²) < 4.78 is 0. The van der Waals surface area contributed by atoms with E-state index in [-0.39, 0.29) is 0 Å². The van der Waals surface area contributed by atoms with E-state index in [0.29, 0.717) is 5.40 Å². The number of benzene rings is 4. The van der Waals surface area contributed by atoms with Crippen LogP contribution in [0.15, 0.2) is 48.5 Å². The summed E-state index contributed by atoms with van der Waals surface area (Å²) >= 11 is 0. The van der Waals surface area contributed by atoms with Crippen LogP contribution in [0.5, 0.6) is 0 Å². The van der Waals surface area contributed by atoms with E-state index in [1.165, 1.54) is 92.4 Å². The van der Waals surface area contributed by atoms with Gasteiger partial charge in [-0.15, -0.1) is 0 Å². The Bertz CT molecular complexity index is 1420. The SMILES string of the molecule is CCCCCC(P(c1ccc(C)c(C)c1C)c1ccc(C)c(C)c1C)P(c1ccc(C)c(C)c1C)c1ccc(C)c(C)c1C. The van der Waals surface area contributed by atoms with E-state index in [1.54, 1.807) is 21.2 Å². The van der Waals surface area contributed by atoms with Crippen LogP contribution < -0.4 is 21.2 Å². The largest absolute Gasteiger partial charge is 0.0654 e. The molecule has 0 unspecified atom stereocenters. The highest BCUT2D eigenvalue weighted by atomic mass is 31.2. The Balaban J connectivity index is 2.16. The molecule has 2 heteroatoms. The molecule has 0 heterocycles. The fourth-order valence-corrected chi connectivity index (χ4v) is 14.8. The van der Waals surface area contributed by atoms with Crippen LogP contribution in [0.3, 0.4) is 0 Å². The van der Waals surface area contributed by atoms with E-state index in [9.17, 15) is 0 Å². The molecule has 0 radical (unpaired) electrons. The van der Waals surface area contributed by atoms with E-state index in [2.05, 4.69) is 139 Å². The van der Waals surface area contributed by atoms with Gasteiger partial charge in [-0.25, -0.2) is 0 Å². The van der Waals surface area contributed by atoms with Crippen LogP contribution in [0, 0.1) is 83.1 Å². The molecule has 4 aromatic rings. The number of unbranched alkanes of at least 4 members (excludes halogenated alkanes) is 2. The summed E-state index contributed by atoms with van der Waals surface area (Å²) in [4.78, 5) is 0. The van der Waals surface area contributed by atoms with Crippen molar-refractivity contribution in [2.24, 2.45) is 0 Å². The molecule has 0 atom stereocenters. The fraction of sp³-hybridized carbons (Fsp3) is 0.429. The minimum absolute atomic E-state index is 0.537. The summed E-state index contributed by atoms with van der Waals surface area (Å²) in [6, 6.07) is 19.7. The van der Waals surface area contributed by atoms with Crippen molar-refractivity contribution in [1.82, 2.24) is 0 Å². The maximum Gasteiger partial charge on any atom is 0.0155 e. The smallest absolute Gasteiger partial charge is 0.0155 e. The van der Waals surface area contributed by atoms with Crippen LogP contribution in [0.25, 0.3) is 0 Å². The Morgan fingerprint density at radius 1 is 0.386 bits per heavy atom. The van der Waals surface area contributed by atoms with E-state index in [4.69, 9.17) is 0 Å². The second kappa shape index (κ2) is 14.4. The molecule has 4 aromatic carbocycles. The van der Waals surface area contributed by atoms with Gasteiger partial charge < -0.3 is 0 Å². The van der Waals surface area contributed by atoms with Crippen molar-refractivity contribution in [2.75, 3.05) is 0 Å². The van der Waals surface area contributed by atoms with Crippen LogP contribution in [0.2, 0.25) is 0 Å². The molecule has 0 nitrogen and oxygen atoms in total. The summed E-state index contributed by atoms with van der Waals surface area (Å²) in [6.45, 7) is 30.4. The molecule has 0 saturated carbocycles. The molecule has 234 valence electrons. The lowest BCUT2D eigenvalue weighted by molar-refractivity contribution is 0.694. The lowest BCUT2D eigenvalue weighted by Gasteiger charge is -2.39. The normalized spacial score (nSPS) is 11.8. The van der Waals surface area contributed by atoms with Gasteiger partial charge in [0, 0.05) is 5.40 Å². The standard InChI is InChI=1S/C42H56P2/c1-14-15-16-17-42(43(38-22-18-26(2)30(6)34(38)10)39-23-19-27(3)31(7)35(39)11)44(40-24-20-28(4)32(8)36(40)12)41-25-21-29(5)33(9)37(41)13/h18-25,42H,14-17H2,1-13H3. The van der Waals surface area contributed by atoms with Crippen LogP contribution in [-0.4, -0.2) is 5.40 Å². The Morgan fingerprint density at radius 2 is 0.659 bits per heavy atom. The van der Waals surface area contributed by atoms with Gasteiger partial charge in [0.15, 0.2) is 0 Å². The first-order valence-electron chi connectivity index (χ1n) is 16.7. The van der Waals surface area contributed by atoms with E-state index in [0.717, 1.165) is 0 Å². The van der Waals surface area contributed by atoms with Crippen molar-refractivity contribution in [3.8, 4) is 0 Å². The Morgan fingerprint density at radius 3 is 0.909 bits per heavy atom. The van der Waals surface area contributed by atoms with Gasteiger partial charge in [-0.2, -0.15) is 0 Å². The number of hydrogen-bond donors (Lipinski definition) is 0. The zero-order valence-corrected chi connectivity index (χ0v) is 31.7. The Labute approximate surface area is 272 Å². The van der Waals surface area contributed by atoms with Crippen molar-refractivity contribution in [1.29, 1.82) is 0 Å². The van der Waals surface area contributed by atoms with Gasteiger partial charge in [0.1, 0.15) is 0 Å². The highest BCUT2D eigenvalue weighted by molar-refractivity contribution is 7.89. The summed E-state index contributed by atoms with van der Waals surface area (Å²) in [6.07, 6.45) is 5.07. The van der Waals surface area contributed by atoms with Crippen molar-refractivity contribution in [3.05, 3.63) is 115 Å².